The number of fused-ring (bicyclic) bond motifs is 1. The van der Waals surface area contributed by atoms with Gasteiger partial charge < -0.3 is 15.2 Å². The first-order chi connectivity index (χ1) is 10.6. The van der Waals surface area contributed by atoms with Gasteiger partial charge in [-0.05, 0) is 26.2 Å². The fourth-order valence-electron chi connectivity index (χ4n) is 3.27. The lowest BCUT2D eigenvalue weighted by Crippen LogP contribution is -2.19. The number of carbonyl (C=O) groups excluding carboxylic acids is 1. The Kier molecular flexibility index (Phi) is 2.83. The summed E-state index contributed by atoms with van der Waals surface area (Å²) in [6.07, 6.45) is 5.28. The second-order valence-corrected chi connectivity index (χ2v) is 5.77. The lowest BCUT2D eigenvalue weighted by molar-refractivity contribution is -0.147. The number of aromatic nitrogens is 4. The first-order valence-electron chi connectivity index (χ1n) is 7.42. The van der Waals surface area contributed by atoms with Crippen molar-refractivity contribution in [2.45, 2.75) is 38.0 Å². The molecule has 3 atom stereocenters. The van der Waals surface area contributed by atoms with E-state index in [-0.39, 0.29) is 23.7 Å². The van der Waals surface area contributed by atoms with Crippen LogP contribution in [0.25, 0.3) is 11.2 Å². The molecule has 1 spiro atoms. The topological polar surface area (TPSA) is 105 Å². The Bertz CT molecular complexity index is 745. The molecule has 0 aromatic carbocycles. The van der Waals surface area contributed by atoms with Crippen molar-refractivity contribution < 1.29 is 14.3 Å². The maximum atomic E-state index is 11.9. The van der Waals surface area contributed by atoms with E-state index in [1.165, 1.54) is 6.33 Å². The number of nitrogens with zero attached hydrogens (tertiary/aromatic N) is 4. The Balaban J connectivity index is 1.56. The van der Waals surface area contributed by atoms with E-state index in [0.717, 1.165) is 19.3 Å². The summed E-state index contributed by atoms with van der Waals surface area (Å²) in [5, 5.41) is 0. The molecule has 2 aromatic rings. The second kappa shape index (κ2) is 4.64. The van der Waals surface area contributed by atoms with Crippen molar-refractivity contribution in [2.75, 3.05) is 12.3 Å². The van der Waals surface area contributed by atoms with Gasteiger partial charge in [0.15, 0.2) is 11.5 Å². The number of ether oxygens (including phenoxy) is 2. The zero-order valence-corrected chi connectivity index (χ0v) is 12.2. The third kappa shape index (κ3) is 1.87. The highest BCUT2D eigenvalue weighted by Gasteiger charge is 2.64. The minimum Gasteiger partial charge on any atom is -0.466 e. The van der Waals surface area contributed by atoms with Crippen LogP contribution in [0.15, 0.2) is 12.7 Å². The summed E-state index contributed by atoms with van der Waals surface area (Å²) < 4.78 is 13.1. The van der Waals surface area contributed by atoms with Gasteiger partial charge in [-0.15, -0.1) is 0 Å². The number of rotatable bonds is 3. The number of nitrogens with two attached hydrogens (primary N) is 1. The van der Waals surface area contributed by atoms with Crippen molar-refractivity contribution >= 4 is 23.0 Å². The summed E-state index contributed by atoms with van der Waals surface area (Å²) in [5.74, 6) is 0.0458. The number of esters is 1. The van der Waals surface area contributed by atoms with E-state index < -0.39 is 0 Å². The summed E-state index contributed by atoms with van der Waals surface area (Å²) in [5.41, 5.74) is 6.66. The molecule has 1 aliphatic heterocycles. The van der Waals surface area contributed by atoms with E-state index in [1.807, 2.05) is 11.5 Å². The fraction of sp³-hybridized carbons (Fsp3) is 0.571. The maximum absolute atomic E-state index is 11.9. The molecule has 3 heterocycles. The Morgan fingerprint density at radius 3 is 3.23 bits per heavy atom. The van der Waals surface area contributed by atoms with Crippen LogP contribution < -0.4 is 5.73 Å². The van der Waals surface area contributed by atoms with Crippen LogP contribution in [0.5, 0.6) is 0 Å². The zero-order chi connectivity index (χ0) is 15.3. The predicted molar refractivity (Wildman–Crippen MR) is 76.6 cm³/mol. The molecule has 8 heteroatoms. The molecule has 2 unspecified atom stereocenters. The zero-order valence-electron chi connectivity index (χ0n) is 12.2. The minimum absolute atomic E-state index is 0.146. The molecular formula is C14H17N5O3. The SMILES string of the molecule is CCOC(=O)C1CC12CC[C@H](n1cnc3c(N)ncnc31)O2. The molecule has 2 aromatic heterocycles. The van der Waals surface area contributed by atoms with Gasteiger partial charge in [0.1, 0.15) is 18.1 Å². The van der Waals surface area contributed by atoms with Crippen LogP contribution in [0.3, 0.4) is 0 Å². The van der Waals surface area contributed by atoms with Gasteiger partial charge in [-0.25, -0.2) is 15.0 Å². The molecule has 2 N–H and O–H groups in total. The van der Waals surface area contributed by atoms with Gasteiger partial charge in [0.25, 0.3) is 0 Å². The Morgan fingerprint density at radius 1 is 1.55 bits per heavy atom. The maximum Gasteiger partial charge on any atom is 0.311 e. The van der Waals surface area contributed by atoms with Crippen molar-refractivity contribution in [3.63, 3.8) is 0 Å². The van der Waals surface area contributed by atoms with Gasteiger partial charge in [-0.3, -0.25) is 9.36 Å². The molecule has 1 aliphatic carbocycles. The number of imidazole rings is 1. The molecule has 1 saturated carbocycles. The van der Waals surface area contributed by atoms with E-state index >= 15 is 0 Å². The summed E-state index contributed by atoms with van der Waals surface area (Å²) in [7, 11) is 0. The number of hydrogen-bond donors (Lipinski definition) is 1. The predicted octanol–water partition coefficient (Wildman–Crippen LogP) is 1.04. The molecule has 0 amide bonds. The molecule has 0 radical (unpaired) electrons. The third-order valence-electron chi connectivity index (χ3n) is 4.48. The molecule has 22 heavy (non-hydrogen) atoms. The van der Waals surface area contributed by atoms with Gasteiger partial charge in [0.05, 0.1) is 24.5 Å². The van der Waals surface area contributed by atoms with Gasteiger partial charge in [-0.2, -0.15) is 0 Å². The van der Waals surface area contributed by atoms with E-state index in [9.17, 15) is 4.79 Å². The summed E-state index contributed by atoms with van der Waals surface area (Å²) in [4.78, 5) is 24.3. The van der Waals surface area contributed by atoms with Crippen LogP contribution in [-0.4, -0.2) is 37.7 Å². The van der Waals surface area contributed by atoms with Crippen molar-refractivity contribution in [3.05, 3.63) is 12.7 Å². The third-order valence-corrected chi connectivity index (χ3v) is 4.48. The highest BCUT2D eigenvalue weighted by Crippen LogP contribution is 2.57. The van der Waals surface area contributed by atoms with Gasteiger partial charge in [0.2, 0.25) is 0 Å². The first kappa shape index (κ1) is 13.4. The molecule has 0 bridgehead atoms. The van der Waals surface area contributed by atoms with Crippen LogP contribution in [-0.2, 0) is 14.3 Å². The molecule has 116 valence electrons. The van der Waals surface area contributed by atoms with Crippen molar-refractivity contribution in [1.82, 2.24) is 19.5 Å². The molecule has 2 aliphatic rings. The smallest absolute Gasteiger partial charge is 0.311 e. The standard InChI is InChI=1S/C14H17N5O3/c1-2-21-13(20)8-5-14(8)4-3-9(22-14)19-7-18-10-11(15)16-6-17-12(10)19/h6-9H,2-5H2,1H3,(H2,15,16,17)/t8?,9-,14?/m1/s1. The summed E-state index contributed by atoms with van der Waals surface area (Å²) in [6, 6.07) is 0. The lowest BCUT2D eigenvalue weighted by Gasteiger charge is -2.15. The van der Waals surface area contributed by atoms with E-state index in [4.69, 9.17) is 15.2 Å². The van der Waals surface area contributed by atoms with Crippen LogP contribution in [0.2, 0.25) is 0 Å². The van der Waals surface area contributed by atoms with Gasteiger partial charge >= 0.3 is 5.97 Å². The highest BCUT2D eigenvalue weighted by atomic mass is 16.6. The van der Waals surface area contributed by atoms with E-state index in [1.54, 1.807) is 6.33 Å². The molecule has 8 nitrogen and oxygen atoms in total. The first-order valence-corrected chi connectivity index (χ1v) is 7.42. The quantitative estimate of drug-likeness (QED) is 0.844. The van der Waals surface area contributed by atoms with Gasteiger partial charge in [-0.1, -0.05) is 0 Å². The lowest BCUT2D eigenvalue weighted by atomic mass is 10.1. The van der Waals surface area contributed by atoms with Crippen LogP contribution in [0.1, 0.15) is 32.4 Å². The molecule has 1 saturated heterocycles. The van der Waals surface area contributed by atoms with Crippen LogP contribution >= 0.6 is 0 Å². The molecule has 4 rings (SSSR count). The summed E-state index contributed by atoms with van der Waals surface area (Å²) >= 11 is 0. The monoisotopic (exact) mass is 303 g/mol. The highest BCUT2D eigenvalue weighted by molar-refractivity contribution is 5.81. The largest absolute Gasteiger partial charge is 0.466 e. The van der Waals surface area contributed by atoms with Crippen molar-refractivity contribution in [1.29, 1.82) is 0 Å². The second-order valence-electron chi connectivity index (χ2n) is 5.77. The van der Waals surface area contributed by atoms with Crippen molar-refractivity contribution in [3.8, 4) is 0 Å². The van der Waals surface area contributed by atoms with E-state index in [0.29, 0.717) is 23.6 Å². The number of hydrogen-bond acceptors (Lipinski definition) is 7. The minimum atomic E-state index is -0.369. The number of carbonyl (C=O) groups is 1. The van der Waals surface area contributed by atoms with E-state index in [2.05, 4.69) is 15.0 Å². The number of nitrogen functional groups attached to an aromatic ring is 1. The fourth-order valence-corrected chi connectivity index (χ4v) is 3.27. The Hall–Kier alpha value is -2.22. The van der Waals surface area contributed by atoms with Crippen molar-refractivity contribution in [2.24, 2.45) is 5.92 Å². The van der Waals surface area contributed by atoms with Gasteiger partial charge in [0, 0.05) is 0 Å². The normalized spacial score (nSPS) is 30.0. The molecule has 2 fully saturated rings. The average molecular weight is 303 g/mol. The van der Waals surface area contributed by atoms with Crippen LogP contribution in [0.4, 0.5) is 5.82 Å². The molecular weight excluding hydrogens is 286 g/mol. The number of anilines is 1. The average Bonchev–Trinajstić information content (AvgIpc) is 2.83. The van der Waals surface area contributed by atoms with Crippen LogP contribution in [0, 0.1) is 5.92 Å². The Morgan fingerprint density at radius 2 is 2.41 bits per heavy atom. The Labute approximate surface area is 126 Å². The summed E-state index contributed by atoms with van der Waals surface area (Å²) in [6.45, 7) is 2.21.